The Kier molecular flexibility index (Phi) is 5.33. The van der Waals surface area contributed by atoms with E-state index in [0.717, 1.165) is 42.6 Å². The van der Waals surface area contributed by atoms with E-state index in [1.807, 2.05) is 12.1 Å². The van der Waals surface area contributed by atoms with Gasteiger partial charge < -0.3 is 9.84 Å². The van der Waals surface area contributed by atoms with Crippen LogP contribution in [0.5, 0.6) is 11.5 Å². The van der Waals surface area contributed by atoms with Crippen molar-refractivity contribution in [1.82, 2.24) is 0 Å². The average molecular weight is 357 g/mol. The van der Waals surface area contributed by atoms with E-state index in [9.17, 15) is 5.11 Å². The fourth-order valence-corrected chi connectivity index (χ4v) is 4.07. The molecule has 0 fully saturated rings. The van der Waals surface area contributed by atoms with E-state index in [1.54, 1.807) is 11.8 Å². The molecule has 25 heavy (non-hydrogen) atoms. The van der Waals surface area contributed by atoms with E-state index in [4.69, 9.17) is 4.74 Å². The normalized spacial score (nSPS) is 18.0. The summed E-state index contributed by atoms with van der Waals surface area (Å²) in [5.74, 6) is 1.36. The number of phenolic OH excluding ortho intramolecular Hbond substituents is 1. The topological polar surface area (TPSA) is 29.5 Å². The molecular weight excluding hydrogens is 328 g/mol. The molecule has 0 bridgehead atoms. The lowest BCUT2D eigenvalue weighted by atomic mass is 9.78. The fraction of sp³-hybridized carbons (Fsp3) is 0.455. The Morgan fingerprint density at radius 1 is 1.12 bits per heavy atom. The molecule has 2 aromatic rings. The van der Waals surface area contributed by atoms with E-state index < -0.39 is 0 Å². The van der Waals surface area contributed by atoms with E-state index in [0.29, 0.717) is 5.75 Å². The zero-order valence-corrected chi connectivity index (χ0v) is 16.5. The Morgan fingerprint density at radius 2 is 1.84 bits per heavy atom. The number of aryl methyl sites for hydroxylation is 2. The van der Waals surface area contributed by atoms with Gasteiger partial charge in [-0.2, -0.15) is 0 Å². The molecule has 1 aliphatic rings. The standard InChI is InChI=1S/C22H28O2S/c1-5-6-16-13-20-18(14-19(16)23)22(2,3)21(24-20)12-9-15-7-10-17(25-4)11-8-15/h7-8,10-11,13-14,21,23H,5-6,9,12H2,1-4H3. The molecule has 1 heterocycles. The maximum atomic E-state index is 10.3. The number of phenols is 1. The van der Waals surface area contributed by atoms with Crippen LogP contribution in [0.15, 0.2) is 41.3 Å². The van der Waals surface area contributed by atoms with Crippen molar-refractivity contribution in [2.75, 3.05) is 6.26 Å². The lowest BCUT2D eigenvalue weighted by molar-refractivity contribution is 0.155. The monoisotopic (exact) mass is 356 g/mol. The number of benzene rings is 2. The molecule has 0 saturated heterocycles. The predicted octanol–water partition coefficient (Wildman–Crippen LogP) is 5.74. The molecule has 134 valence electrons. The van der Waals surface area contributed by atoms with Crippen LogP contribution >= 0.6 is 11.8 Å². The third-order valence-corrected chi connectivity index (χ3v) is 6.07. The first-order valence-corrected chi connectivity index (χ1v) is 10.3. The fourth-order valence-electron chi connectivity index (χ4n) is 3.66. The Morgan fingerprint density at radius 3 is 2.48 bits per heavy atom. The van der Waals surface area contributed by atoms with Gasteiger partial charge in [-0.05, 0) is 60.9 Å². The first-order chi connectivity index (χ1) is 12.0. The number of hydrogen-bond donors (Lipinski definition) is 1. The number of hydrogen-bond acceptors (Lipinski definition) is 3. The molecule has 0 spiro atoms. The highest BCUT2D eigenvalue weighted by atomic mass is 32.2. The summed E-state index contributed by atoms with van der Waals surface area (Å²) in [6, 6.07) is 12.8. The molecule has 2 aromatic carbocycles. The number of fused-ring (bicyclic) bond motifs is 1. The van der Waals surface area contributed by atoms with E-state index in [2.05, 4.69) is 51.3 Å². The summed E-state index contributed by atoms with van der Waals surface area (Å²) in [5.41, 5.74) is 3.39. The third kappa shape index (κ3) is 3.67. The maximum Gasteiger partial charge on any atom is 0.124 e. The van der Waals surface area contributed by atoms with E-state index in [-0.39, 0.29) is 11.5 Å². The van der Waals surface area contributed by atoms with Crippen LogP contribution in [0.2, 0.25) is 0 Å². The number of ether oxygens (including phenoxy) is 1. The second kappa shape index (κ2) is 7.33. The first-order valence-electron chi connectivity index (χ1n) is 9.11. The van der Waals surface area contributed by atoms with Gasteiger partial charge in [0, 0.05) is 15.9 Å². The molecule has 3 heteroatoms. The predicted molar refractivity (Wildman–Crippen MR) is 106 cm³/mol. The van der Waals surface area contributed by atoms with Gasteiger partial charge in [0.05, 0.1) is 0 Å². The summed E-state index contributed by atoms with van der Waals surface area (Å²) in [5, 5.41) is 10.3. The largest absolute Gasteiger partial charge is 0.508 e. The molecule has 3 rings (SSSR count). The molecule has 2 nitrogen and oxygen atoms in total. The quantitative estimate of drug-likeness (QED) is 0.669. The van der Waals surface area contributed by atoms with Crippen LogP contribution in [-0.2, 0) is 18.3 Å². The minimum Gasteiger partial charge on any atom is -0.508 e. The van der Waals surface area contributed by atoms with Crippen LogP contribution in [0.25, 0.3) is 0 Å². The first kappa shape index (κ1) is 18.2. The molecule has 1 unspecified atom stereocenters. The lowest BCUT2D eigenvalue weighted by Crippen LogP contribution is -2.32. The SMILES string of the molecule is CCCc1cc2c(cc1O)C(C)(C)C(CCc1ccc(SC)cc1)O2. The molecule has 0 radical (unpaired) electrons. The van der Waals surface area contributed by atoms with E-state index >= 15 is 0 Å². The summed E-state index contributed by atoms with van der Waals surface area (Å²) in [4.78, 5) is 1.30. The van der Waals surface area contributed by atoms with Gasteiger partial charge in [0.15, 0.2) is 0 Å². The zero-order valence-electron chi connectivity index (χ0n) is 15.6. The lowest BCUT2D eigenvalue weighted by Gasteiger charge is -2.26. The van der Waals surface area contributed by atoms with Crippen molar-refractivity contribution < 1.29 is 9.84 Å². The van der Waals surface area contributed by atoms with Gasteiger partial charge in [0.25, 0.3) is 0 Å². The highest BCUT2D eigenvalue weighted by Gasteiger charge is 2.41. The van der Waals surface area contributed by atoms with Crippen molar-refractivity contribution in [2.45, 2.75) is 62.9 Å². The molecule has 1 N–H and O–H groups in total. The van der Waals surface area contributed by atoms with Gasteiger partial charge in [-0.15, -0.1) is 11.8 Å². The summed E-state index contributed by atoms with van der Waals surface area (Å²) < 4.78 is 6.32. The van der Waals surface area contributed by atoms with Crippen molar-refractivity contribution in [3.05, 3.63) is 53.1 Å². The van der Waals surface area contributed by atoms with Crippen molar-refractivity contribution in [1.29, 1.82) is 0 Å². The molecule has 1 aliphatic heterocycles. The highest BCUT2D eigenvalue weighted by Crippen LogP contribution is 2.46. The Balaban J connectivity index is 1.74. The van der Waals surface area contributed by atoms with Gasteiger partial charge in [-0.3, -0.25) is 0 Å². The molecule has 0 aromatic heterocycles. The van der Waals surface area contributed by atoms with Crippen LogP contribution in [0, 0.1) is 0 Å². The average Bonchev–Trinajstić information content (AvgIpc) is 2.84. The minimum atomic E-state index is -0.0865. The van der Waals surface area contributed by atoms with Crippen LogP contribution in [0.3, 0.4) is 0 Å². The number of aromatic hydroxyl groups is 1. The third-order valence-electron chi connectivity index (χ3n) is 5.32. The molecule has 0 aliphatic carbocycles. The number of thioether (sulfide) groups is 1. The van der Waals surface area contributed by atoms with Gasteiger partial charge in [-0.25, -0.2) is 0 Å². The Bertz CT molecular complexity index is 734. The van der Waals surface area contributed by atoms with Crippen molar-refractivity contribution in [2.24, 2.45) is 0 Å². The highest BCUT2D eigenvalue weighted by molar-refractivity contribution is 7.98. The van der Waals surface area contributed by atoms with Crippen molar-refractivity contribution >= 4 is 11.8 Å². The summed E-state index contributed by atoms with van der Waals surface area (Å²) in [7, 11) is 0. The second-order valence-corrected chi connectivity index (χ2v) is 8.32. The molecule has 0 amide bonds. The van der Waals surface area contributed by atoms with E-state index in [1.165, 1.54) is 10.5 Å². The second-order valence-electron chi connectivity index (χ2n) is 7.44. The Hall–Kier alpha value is -1.61. The van der Waals surface area contributed by atoms with Crippen molar-refractivity contribution in [3.8, 4) is 11.5 Å². The van der Waals surface area contributed by atoms with Crippen LogP contribution in [0.4, 0.5) is 0 Å². The minimum absolute atomic E-state index is 0.0865. The van der Waals surface area contributed by atoms with Crippen LogP contribution < -0.4 is 4.74 Å². The summed E-state index contributed by atoms with van der Waals surface area (Å²) >= 11 is 1.77. The van der Waals surface area contributed by atoms with Crippen molar-refractivity contribution in [3.63, 3.8) is 0 Å². The van der Waals surface area contributed by atoms with Gasteiger partial charge in [0.1, 0.15) is 17.6 Å². The van der Waals surface area contributed by atoms with Crippen LogP contribution in [-0.4, -0.2) is 17.5 Å². The van der Waals surface area contributed by atoms with Gasteiger partial charge >= 0.3 is 0 Å². The molecular formula is C22H28O2S. The summed E-state index contributed by atoms with van der Waals surface area (Å²) in [6.07, 6.45) is 6.12. The smallest absolute Gasteiger partial charge is 0.124 e. The maximum absolute atomic E-state index is 10.3. The van der Waals surface area contributed by atoms with Crippen LogP contribution in [0.1, 0.15) is 50.3 Å². The van der Waals surface area contributed by atoms with Gasteiger partial charge in [0.2, 0.25) is 0 Å². The molecule has 1 atom stereocenters. The molecule has 0 saturated carbocycles. The zero-order chi connectivity index (χ0) is 18.0. The van der Waals surface area contributed by atoms with Gasteiger partial charge in [-0.1, -0.05) is 39.3 Å². The number of rotatable bonds is 6. The summed E-state index contributed by atoms with van der Waals surface area (Å²) in [6.45, 7) is 6.57. The Labute approximate surface area is 155 Å².